The molecule has 0 amide bonds. The van der Waals surface area contributed by atoms with E-state index >= 15 is 0 Å². The van der Waals surface area contributed by atoms with Crippen molar-refractivity contribution in [1.82, 2.24) is 0 Å². The Bertz CT molecular complexity index is 314. The van der Waals surface area contributed by atoms with Gasteiger partial charge in [-0.05, 0) is 0 Å². The summed E-state index contributed by atoms with van der Waals surface area (Å²) in [5, 5.41) is -0.182. The zero-order valence-electron chi connectivity index (χ0n) is 8.44. The van der Waals surface area contributed by atoms with Gasteiger partial charge in [0, 0.05) is 0 Å². The van der Waals surface area contributed by atoms with Crippen molar-refractivity contribution in [1.29, 1.82) is 0 Å². The summed E-state index contributed by atoms with van der Waals surface area (Å²) in [7, 11) is -2.84. The van der Waals surface area contributed by atoms with E-state index in [1.165, 1.54) is 0 Å². The molecule has 2 aliphatic rings. The molecule has 2 aliphatic heterocycles. The van der Waals surface area contributed by atoms with Crippen LogP contribution in [0.2, 0.25) is 0 Å². The third kappa shape index (κ3) is 1.82. The average Bonchev–Trinajstić information content (AvgIpc) is 2.55. The normalized spacial score (nSPS) is 45.6. The summed E-state index contributed by atoms with van der Waals surface area (Å²) in [6.45, 7) is 1.99. The molecular formula is C9H16IO3S-. The number of alkyl halides is 2. The topological polar surface area (TPSA) is 43.4 Å². The number of hydrogen-bond acceptors (Lipinski definition) is 3. The van der Waals surface area contributed by atoms with Crippen molar-refractivity contribution in [2.75, 3.05) is 15.1 Å². The Morgan fingerprint density at radius 1 is 1.50 bits per heavy atom. The maximum atomic E-state index is 11.7. The van der Waals surface area contributed by atoms with Gasteiger partial charge < -0.3 is 0 Å². The van der Waals surface area contributed by atoms with Crippen LogP contribution >= 0.6 is 0 Å². The summed E-state index contributed by atoms with van der Waals surface area (Å²) < 4.78 is 30.4. The van der Waals surface area contributed by atoms with Gasteiger partial charge in [0.2, 0.25) is 0 Å². The first-order valence-corrected chi connectivity index (χ1v) is 10.2. The van der Waals surface area contributed by atoms with E-state index in [1.54, 1.807) is 0 Å². The minimum atomic E-state index is -2.84. The number of fused-ring (bicyclic) bond motifs is 1. The van der Waals surface area contributed by atoms with Crippen molar-refractivity contribution >= 4 is 9.84 Å². The summed E-state index contributed by atoms with van der Waals surface area (Å²) in [5.41, 5.74) is 0. The van der Waals surface area contributed by atoms with E-state index in [0.29, 0.717) is 5.75 Å². The van der Waals surface area contributed by atoms with Crippen LogP contribution in [0.4, 0.5) is 0 Å². The number of rotatable bonds is 2. The first-order chi connectivity index (χ1) is 6.54. The van der Waals surface area contributed by atoms with Crippen molar-refractivity contribution in [2.24, 2.45) is 5.92 Å². The second kappa shape index (κ2) is 3.90. The van der Waals surface area contributed by atoms with E-state index in [9.17, 15) is 8.42 Å². The Morgan fingerprint density at radius 2 is 2.21 bits per heavy atom. The van der Waals surface area contributed by atoms with Crippen LogP contribution in [0.25, 0.3) is 0 Å². The molecule has 0 bridgehead atoms. The molecule has 0 aliphatic carbocycles. The van der Waals surface area contributed by atoms with Crippen molar-refractivity contribution in [3.8, 4) is 0 Å². The number of halogens is 1. The zero-order chi connectivity index (χ0) is 10.3. The molecule has 0 N–H and O–H groups in total. The van der Waals surface area contributed by atoms with Gasteiger partial charge in [-0.1, -0.05) is 0 Å². The molecule has 4 atom stereocenters. The predicted octanol–water partition coefficient (Wildman–Crippen LogP) is -2.70. The van der Waals surface area contributed by atoms with E-state index in [-0.39, 0.29) is 44.6 Å². The fourth-order valence-electron chi connectivity index (χ4n) is 2.47. The molecule has 2 fully saturated rings. The molecule has 0 spiro atoms. The SMILES string of the molecule is C[I-]C[C@@H]1CC2C(O1)C(C)CS2(=O)=O. The van der Waals surface area contributed by atoms with Gasteiger partial charge >= 0.3 is 96.0 Å². The summed E-state index contributed by atoms with van der Waals surface area (Å²) in [6.07, 6.45) is 0.992. The van der Waals surface area contributed by atoms with E-state index in [1.807, 2.05) is 6.92 Å². The third-order valence-electron chi connectivity index (χ3n) is 3.05. The van der Waals surface area contributed by atoms with E-state index in [2.05, 4.69) is 4.93 Å². The van der Waals surface area contributed by atoms with Crippen LogP contribution < -0.4 is 21.2 Å². The molecule has 2 saturated heterocycles. The molecule has 3 unspecified atom stereocenters. The van der Waals surface area contributed by atoms with Crippen LogP contribution in [0.15, 0.2) is 0 Å². The minimum absolute atomic E-state index is 0.000517. The monoisotopic (exact) mass is 331 g/mol. The molecule has 2 heterocycles. The van der Waals surface area contributed by atoms with Gasteiger partial charge in [0.15, 0.2) is 0 Å². The molecule has 0 radical (unpaired) electrons. The van der Waals surface area contributed by atoms with Gasteiger partial charge in [-0.3, -0.25) is 0 Å². The van der Waals surface area contributed by atoms with Crippen molar-refractivity contribution < 1.29 is 34.4 Å². The Morgan fingerprint density at radius 3 is 2.79 bits per heavy atom. The summed E-state index contributed by atoms with van der Waals surface area (Å²) in [6, 6.07) is 0. The van der Waals surface area contributed by atoms with Crippen LogP contribution in [0.5, 0.6) is 0 Å². The number of hydrogen-bond donors (Lipinski definition) is 0. The van der Waals surface area contributed by atoms with Gasteiger partial charge in [-0.2, -0.15) is 0 Å². The first-order valence-electron chi connectivity index (χ1n) is 4.85. The van der Waals surface area contributed by atoms with Gasteiger partial charge in [-0.25, -0.2) is 0 Å². The predicted molar refractivity (Wildman–Crippen MR) is 50.8 cm³/mol. The van der Waals surface area contributed by atoms with E-state index in [0.717, 1.165) is 10.8 Å². The standard InChI is InChI=1S/C9H16IO3S/c1-6-5-14(11,12)8-3-7(4-10-2)13-9(6)8/h6-9H,3-5H2,1-2H3/q-1/t6?,7-,8?,9?/m0/s1. The molecule has 5 heteroatoms. The Hall–Kier alpha value is 0.640. The Labute approximate surface area is 95.8 Å². The van der Waals surface area contributed by atoms with Gasteiger partial charge in [0.1, 0.15) is 0 Å². The Kier molecular flexibility index (Phi) is 3.10. The maximum absolute atomic E-state index is 11.7. The van der Waals surface area contributed by atoms with Crippen LogP contribution in [0, 0.1) is 5.92 Å². The van der Waals surface area contributed by atoms with Gasteiger partial charge in [0.05, 0.1) is 0 Å². The summed E-state index contributed by atoms with van der Waals surface area (Å²) in [5.74, 6) is 0.529. The fourth-order valence-corrected chi connectivity index (χ4v) is 6.43. The van der Waals surface area contributed by atoms with Crippen LogP contribution in [0.3, 0.4) is 0 Å². The molecule has 0 aromatic carbocycles. The first kappa shape index (κ1) is 11.1. The van der Waals surface area contributed by atoms with Crippen LogP contribution in [-0.2, 0) is 14.6 Å². The van der Waals surface area contributed by atoms with Crippen LogP contribution in [-0.4, -0.2) is 41.0 Å². The Balaban J connectivity index is 2.12. The molecule has 3 nitrogen and oxygen atoms in total. The average molecular weight is 331 g/mol. The van der Waals surface area contributed by atoms with Gasteiger partial charge in [0.25, 0.3) is 0 Å². The van der Waals surface area contributed by atoms with Crippen LogP contribution in [0.1, 0.15) is 13.3 Å². The van der Waals surface area contributed by atoms with E-state index < -0.39 is 9.84 Å². The number of sulfone groups is 1. The van der Waals surface area contributed by atoms with Crippen molar-refractivity contribution in [3.63, 3.8) is 0 Å². The second-order valence-corrected chi connectivity index (χ2v) is 8.90. The number of ether oxygens (including phenoxy) is 1. The quantitative estimate of drug-likeness (QED) is 0.409. The van der Waals surface area contributed by atoms with Gasteiger partial charge in [-0.15, -0.1) is 0 Å². The molecule has 0 aromatic rings. The summed E-state index contributed by atoms with van der Waals surface area (Å²) in [4.78, 5) is 2.22. The second-order valence-electron chi connectivity index (χ2n) is 4.23. The van der Waals surface area contributed by atoms with Crippen molar-refractivity contribution in [3.05, 3.63) is 0 Å². The summed E-state index contributed by atoms with van der Waals surface area (Å²) >= 11 is 0.209. The molecule has 0 aromatic heterocycles. The molecule has 14 heavy (non-hydrogen) atoms. The molecule has 0 saturated carbocycles. The molecular weight excluding hydrogens is 315 g/mol. The third-order valence-corrected chi connectivity index (χ3v) is 7.29. The molecule has 84 valence electrons. The fraction of sp³-hybridized carbons (Fsp3) is 1.00. The van der Waals surface area contributed by atoms with Crippen molar-refractivity contribution in [2.45, 2.75) is 30.8 Å². The zero-order valence-corrected chi connectivity index (χ0v) is 11.4. The van der Waals surface area contributed by atoms with E-state index in [4.69, 9.17) is 4.74 Å². The molecule has 2 rings (SSSR count).